The van der Waals surface area contributed by atoms with E-state index in [1.54, 1.807) is 6.20 Å². The molecule has 1 aromatic heterocycles. The number of rotatable bonds is 5. The summed E-state index contributed by atoms with van der Waals surface area (Å²) in [4.78, 5) is 16.6. The molecule has 134 valence electrons. The fraction of sp³-hybridized carbons (Fsp3) is 0.111. The molecule has 4 nitrogen and oxygen atoms in total. The van der Waals surface area contributed by atoms with Gasteiger partial charge in [0.25, 0.3) is 0 Å². The van der Waals surface area contributed by atoms with Crippen molar-refractivity contribution in [3.8, 4) is 11.3 Å². The highest BCUT2D eigenvalue weighted by Gasteiger charge is 2.14. The molecule has 0 bridgehead atoms. The minimum absolute atomic E-state index is 0.175. The van der Waals surface area contributed by atoms with Gasteiger partial charge in [-0.15, -0.1) is 0 Å². The molecule has 1 heterocycles. The first-order valence-corrected chi connectivity index (χ1v) is 9.72. The molecule has 0 aliphatic carbocycles. The van der Waals surface area contributed by atoms with Gasteiger partial charge in [0.1, 0.15) is 0 Å². The van der Waals surface area contributed by atoms with Gasteiger partial charge < -0.3 is 9.88 Å². The summed E-state index contributed by atoms with van der Waals surface area (Å²) in [6.07, 6.45) is 1.79. The third kappa shape index (κ3) is 4.35. The summed E-state index contributed by atoms with van der Waals surface area (Å²) in [5.41, 5.74) is 2.41. The Kier molecular flexibility index (Phi) is 6.14. The first-order chi connectivity index (χ1) is 12.5. The number of hydrogen-bond acceptors (Lipinski definition) is 3. The van der Waals surface area contributed by atoms with Crippen LogP contribution in [0.5, 0.6) is 0 Å². The number of anilines is 1. The molecule has 0 radical (unpaired) electrons. The van der Waals surface area contributed by atoms with Gasteiger partial charge >= 0.3 is 0 Å². The summed E-state index contributed by atoms with van der Waals surface area (Å²) in [6, 6.07) is 13.0. The summed E-state index contributed by atoms with van der Waals surface area (Å²) < 4.78 is 1.95. The van der Waals surface area contributed by atoms with E-state index >= 15 is 0 Å². The van der Waals surface area contributed by atoms with Crippen LogP contribution < -0.4 is 5.32 Å². The fourth-order valence-corrected chi connectivity index (χ4v) is 4.03. The molecule has 0 unspecified atom stereocenters. The largest absolute Gasteiger partial charge is 0.323 e. The zero-order valence-corrected chi connectivity index (χ0v) is 16.8. The van der Waals surface area contributed by atoms with Crippen molar-refractivity contribution in [2.24, 2.45) is 7.05 Å². The highest BCUT2D eigenvalue weighted by Crippen LogP contribution is 2.34. The predicted octanol–water partition coefficient (Wildman–Crippen LogP) is 5.78. The van der Waals surface area contributed by atoms with Crippen LogP contribution >= 0.6 is 46.6 Å². The van der Waals surface area contributed by atoms with Crippen molar-refractivity contribution < 1.29 is 4.79 Å². The second-order valence-electron chi connectivity index (χ2n) is 5.43. The van der Waals surface area contributed by atoms with Crippen LogP contribution in [0.1, 0.15) is 0 Å². The van der Waals surface area contributed by atoms with Crippen molar-refractivity contribution in [1.29, 1.82) is 0 Å². The Balaban J connectivity index is 1.67. The number of carbonyl (C=O) groups is 1. The van der Waals surface area contributed by atoms with Gasteiger partial charge in [0, 0.05) is 12.1 Å². The van der Waals surface area contributed by atoms with Crippen molar-refractivity contribution in [2.45, 2.75) is 5.16 Å². The minimum atomic E-state index is -0.231. The Labute approximate surface area is 170 Å². The monoisotopic (exact) mass is 425 g/mol. The van der Waals surface area contributed by atoms with Crippen LogP contribution in [-0.4, -0.2) is 21.2 Å². The third-order valence-corrected chi connectivity index (χ3v) is 5.48. The highest BCUT2D eigenvalue weighted by atomic mass is 35.5. The lowest BCUT2D eigenvalue weighted by molar-refractivity contribution is -0.113. The number of thioether (sulfide) groups is 1. The van der Waals surface area contributed by atoms with E-state index in [1.165, 1.54) is 23.9 Å². The van der Waals surface area contributed by atoms with E-state index in [0.29, 0.717) is 20.8 Å². The molecule has 3 rings (SSSR count). The van der Waals surface area contributed by atoms with E-state index in [2.05, 4.69) is 10.3 Å². The molecule has 0 atom stereocenters. The normalized spacial score (nSPS) is 10.8. The van der Waals surface area contributed by atoms with E-state index in [4.69, 9.17) is 34.8 Å². The maximum Gasteiger partial charge on any atom is 0.234 e. The number of aromatic nitrogens is 2. The Bertz CT molecular complexity index is 921. The van der Waals surface area contributed by atoms with Crippen LogP contribution in [0.2, 0.25) is 15.1 Å². The van der Waals surface area contributed by atoms with Gasteiger partial charge in [-0.05, 0) is 17.7 Å². The Hall–Kier alpha value is -1.66. The molecule has 1 amide bonds. The standard InChI is InChI=1S/C18H14Cl3N3OS/c1-24-15(11-5-3-2-4-6-11)9-22-18(24)26-10-16(25)23-17-13(20)7-12(19)8-14(17)21/h2-9H,10H2,1H3,(H,23,25). The number of nitrogens with zero attached hydrogens (tertiary/aromatic N) is 2. The number of halogens is 3. The molecule has 1 N–H and O–H groups in total. The van der Waals surface area contributed by atoms with Crippen molar-refractivity contribution in [3.63, 3.8) is 0 Å². The molecule has 0 fully saturated rings. The van der Waals surface area contributed by atoms with Crippen molar-refractivity contribution in [3.05, 3.63) is 63.7 Å². The van der Waals surface area contributed by atoms with Gasteiger partial charge in [0.2, 0.25) is 5.91 Å². The first-order valence-electron chi connectivity index (χ1n) is 7.60. The zero-order valence-electron chi connectivity index (χ0n) is 13.7. The van der Waals surface area contributed by atoms with Gasteiger partial charge in [0.05, 0.1) is 33.4 Å². The van der Waals surface area contributed by atoms with Gasteiger partial charge in [-0.1, -0.05) is 76.9 Å². The molecule has 0 spiro atoms. The average Bonchev–Trinajstić information content (AvgIpc) is 2.98. The van der Waals surface area contributed by atoms with Gasteiger partial charge in [-0.2, -0.15) is 0 Å². The second kappa shape index (κ2) is 8.35. The minimum Gasteiger partial charge on any atom is -0.323 e. The number of amides is 1. The van der Waals surface area contributed by atoms with E-state index in [9.17, 15) is 4.79 Å². The van der Waals surface area contributed by atoms with Crippen LogP contribution in [0.25, 0.3) is 11.3 Å². The summed E-state index contributed by atoms with van der Waals surface area (Å²) in [6.45, 7) is 0. The molecule has 0 saturated carbocycles. The molecule has 0 aliphatic rings. The smallest absolute Gasteiger partial charge is 0.234 e. The highest BCUT2D eigenvalue weighted by molar-refractivity contribution is 7.99. The van der Waals surface area contributed by atoms with Crippen LogP contribution in [-0.2, 0) is 11.8 Å². The van der Waals surface area contributed by atoms with Gasteiger partial charge in [-0.25, -0.2) is 4.98 Å². The fourth-order valence-electron chi connectivity index (χ4n) is 2.37. The lowest BCUT2D eigenvalue weighted by Crippen LogP contribution is -2.15. The van der Waals surface area contributed by atoms with E-state index in [1.807, 2.05) is 41.9 Å². The van der Waals surface area contributed by atoms with Crippen LogP contribution in [0.15, 0.2) is 53.8 Å². The summed E-state index contributed by atoms with van der Waals surface area (Å²) in [5.74, 6) is -0.0562. The summed E-state index contributed by atoms with van der Waals surface area (Å²) in [5, 5.41) is 4.46. The molecule has 0 aliphatic heterocycles. The number of nitrogens with one attached hydrogen (secondary N) is 1. The van der Waals surface area contributed by atoms with E-state index < -0.39 is 0 Å². The third-order valence-electron chi connectivity index (χ3n) is 3.62. The number of hydrogen-bond donors (Lipinski definition) is 1. The van der Waals surface area contributed by atoms with E-state index in [-0.39, 0.29) is 11.7 Å². The Morgan fingerprint density at radius 3 is 2.46 bits per heavy atom. The van der Waals surface area contributed by atoms with Gasteiger partial charge in [0.15, 0.2) is 5.16 Å². The van der Waals surface area contributed by atoms with Gasteiger partial charge in [-0.3, -0.25) is 4.79 Å². The maximum atomic E-state index is 12.2. The molecule has 0 saturated heterocycles. The van der Waals surface area contributed by atoms with Crippen molar-refractivity contribution in [2.75, 3.05) is 11.1 Å². The summed E-state index contributed by atoms with van der Waals surface area (Å²) >= 11 is 19.4. The maximum absolute atomic E-state index is 12.2. The lowest BCUT2D eigenvalue weighted by atomic mass is 10.2. The molecular formula is C18H14Cl3N3OS. The van der Waals surface area contributed by atoms with E-state index in [0.717, 1.165) is 16.4 Å². The number of benzene rings is 2. The van der Waals surface area contributed by atoms with Crippen molar-refractivity contribution >= 4 is 58.2 Å². The summed E-state index contributed by atoms with van der Waals surface area (Å²) in [7, 11) is 1.92. The zero-order chi connectivity index (χ0) is 18.7. The molecule has 2 aromatic carbocycles. The van der Waals surface area contributed by atoms with Crippen LogP contribution in [0, 0.1) is 0 Å². The molecule has 3 aromatic rings. The topological polar surface area (TPSA) is 46.9 Å². The average molecular weight is 427 g/mol. The molecular weight excluding hydrogens is 413 g/mol. The quantitative estimate of drug-likeness (QED) is 0.526. The lowest BCUT2D eigenvalue weighted by Gasteiger charge is -2.10. The Morgan fingerprint density at radius 1 is 1.15 bits per heavy atom. The molecule has 8 heteroatoms. The Morgan fingerprint density at radius 2 is 1.81 bits per heavy atom. The van der Waals surface area contributed by atoms with Crippen LogP contribution in [0.4, 0.5) is 5.69 Å². The predicted molar refractivity (Wildman–Crippen MR) is 109 cm³/mol. The molecule has 26 heavy (non-hydrogen) atoms. The van der Waals surface area contributed by atoms with Crippen molar-refractivity contribution in [1.82, 2.24) is 9.55 Å². The second-order valence-corrected chi connectivity index (χ2v) is 7.63. The number of carbonyl (C=O) groups excluding carboxylic acids is 1. The van der Waals surface area contributed by atoms with Crippen LogP contribution in [0.3, 0.4) is 0 Å². The first kappa shape index (κ1) is 19.1. The SMILES string of the molecule is Cn1c(-c2ccccc2)cnc1SCC(=O)Nc1c(Cl)cc(Cl)cc1Cl. The number of imidazole rings is 1.